The summed E-state index contributed by atoms with van der Waals surface area (Å²) in [5, 5.41) is 7.90. The van der Waals surface area contributed by atoms with E-state index in [9.17, 15) is 4.79 Å². The minimum atomic E-state index is -0.181. The molecule has 5 aromatic rings. The Morgan fingerprint density at radius 1 is 0.781 bits per heavy atom. The molecule has 0 aliphatic rings. The van der Waals surface area contributed by atoms with Gasteiger partial charge in [-0.25, -0.2) is 4.98 Å². The van der Waals surface area contributed by atoms with Gasteiger partial charge in [-0.05, 0) is 34.0 Å². The first-order chi connectivity index (χ1) is 15.8. The van der Waals surface area contributed by atoms with Crippen molar-refractivity contribution in [1.29, 1.82) is 0 Å². The first-order valence-corrected chi connectivity index (χ1v) is 11.2. The van der Waals surface area contributed by atoms with Crippen molar-refractivity contribution in [2.75, 3.05) is 5.32 Å². The molecule has 1 heterocycles. The van der Waals surface area contributed by atoms with E-state index in [1.807, 2.05) is 84.3 Å². The van der Waals surface area contributed by atoms with Gasteiger partial charge in [0.05, 0.1) is 5.69 Å². The Kier molecular flexibility index (Phi) is 5.60. The van der Waals surface area contributed by atoms with Crippen molar-refractivity contribution in [2.24, 2.45) is 0 Å². The second kappa shape index (κ2) is 9.00. The van der Waals surface area contributed by atoms with Gasteiger partial charge in [0.15, 0.2) is 5.13 Å². The smallest absolute Gasteiger partial charge is 0.258 e. The predicted octanol–water partition coefficient (Wildman–Crippen LogP) is 7.14. The molecule has 1 amide bonds. The van der Waals surface area contributed by atoms with Crippen LogP contribution in [-0.2, 0) is 4.79 Å². The number of fused-ring (bicyclic) bond motifs is 1. The van der Waals surface area contributed by atoms with Crippen molar-refractivity contribution in [2.45, 2.75) is 0 Å². The molecule has 32 heavy (non-hydrogen) atoms. The van der Waals surface area contributed by atoms with E-state index >= 15 is 0 Å². The summed E-state index contributed by atoms with van der Waals surface area (Å²) in [7, 11) is 0. The minimum Gasteiger partial charge on any atom is -0.298 e. The van der Waals surface area contributed by atoms with Gasteiger partial charge in [-0.3, -0.25) is 10.1 Å². The summed E-state index contributed by atoms with van der Waals surface area (Å²) in [6.45, 7) is 0. The average molecular weight is 433 g/mol. The SMILES string of the molecule is O=C(Nc1nc(-c2ccc3ccccc3c2)cs1)/C(=C\c1ccccc1)c1ccccc1. The number of carbonyl (C=O) groups excluding carboxylic acids is 1. The van der Waals surface area contributed by atoms with Gasteiger partial charge in [-0.1, -0.05) is 97.1 Å². The van der Waals surface area contributed by atoms with E-state index in [0.717, 1.165) is 22.4 Å². The van der Waals surface area contributed by atoms with Crippen LogP contribution in [0.2, 0.25) is 0 Å². The summed E-state index contributed by atoms with van der Waals surface area (Å²) in [5.74, 6) is -0.181. The molecule has 1 N–H and O–H groups in total. The first-order valence-electron chi connectivity index (χ1n) is 10.3. The standard InChI is InChI=1S/C28H20N2OS/c31-27(25(22-12-5-2-6-13-22)17-20-9-3-1-4-10-20)30-28-29-26(19-32-28)24-16-15-21-11-7-8-14-23(21)18-24/h1-19H,(H,29,30,31)/b25-17-. The second-order valence-corrected chi connectivity index (χ2v) is 8.25. The fourth-order valence-corrected chi connectivity index (χ4v) is 4.31. The Hall–Kier alpha value is -4.02. The largest absolute Gasteiger partial charge is 0.298 e. The maximum Gasteiger partial charge on any atom is 0.258 e. The molecule has 4 aromatic carbocycles. The van der Waals surface area contributed by atoms with Gasteiger partial charge in [0, 0.05) is 16.5 Å². The first kappa shape index (κ1) is 19.9. The van der Waals surface area contributed by atoms with E-state index in [2.05, 4.69) is 40.6 Å². The molecule has 0 unspecified atom stereocenters. The van der Waals surface area contributed by atoms with E-state index in [1.54, 1.807) is 0 Å². The topological polar surface area (TPSA) is 42.0 Å². The molecule has 154 valence electrons. The van der Waals surface area contributed by atoms with Gasteiger partial charge in [0.2, 0.25) is 0 Å². The number of nitrogens with one attached hydrogen (secondary N) is 1. The van der Waals surface area contributed by atoms with Crippen LogP contribution in [0.4, 0.5) is 5.13 Å². The predicted molar refractivity (Wildman–Crippen MR) is 134 cm³/mol. The van der Waals surface area contributed by atoms with Crippen molar-refractivity contribution >= 4 is 44.8 Å². The summed E-state index contributed by atoms with van der Waals surface area (Å²) in [5.41, 5.74) is 4.31. The van der Waals surface area contributed by atoms with Crippen LogP contribution in [0.5, 0.6) is 0 Å². The molecule has 3 nitrogen and oxygen atoms in total. The van der Waals surface area contributed by atoms with Gasteiger partial charge in [-0.2, -0.15) is 0 Å². The monoisotopic (exact) mass is 432 g/mol. The summed E-state index contributed by atoms with van der Waals surface area (Å²) in [4.78, 5) is 17.9. The van der Waals surface area contributed by atoms with Gasteiger partial charge in [0.25, 0.3) is 5.91 Å². The molecule has 0 atom stereocenters. The quantitative estimate of drug-likeness (QED) is 0.237. The Balaban J connectivity index is 1.43. The zero-order valence-electron chi connectivity index (χ0n) is 17.2. The molecular formula is C28H20N2OS. The maximum atomic E-state index is 13.2. The van der Waals surface area contributed by atoms with Crippen LogP contribution >= 0.6 is 11.3 Å². The number of anilines is 1. The third-order valence-corrected chi connectivity index (χ3v) is 5.97. The van der Waals surface area contributed by atoms with Gasteiger partial charge < -0.3 is 0 Å². The second-order valence-electron chi connectivity index (χ2n) is 7.39. The summed E-state index contributed by atoms with van der Waals surface area (Å²) >= 11 is 1.43. The number of amides is 1. The van der Waals surface area contributed by atoms with Crippen LogP contribution in [-0.4, -0.2) is 10.9 Å². The molecule has 4 heteroatoms. The van der Waals surface area contributed by atoms with Crippen molar-refractivity contribution in [1.82, 2.24) is 4.98 Å². The van der Waals surface area contributed by atoms with Crippen molar-refractivity contribution in [3.8, 4) is 11.3 Å². The molecule has 0 spiro atoms. The Labute approximate surface area is 190 Å². The van der Waals surface area contributed by atoms with E-state index < -0.39 is 0 Å². The third kappa shape index (κ3) is 4.36. The van der Waals surface area contributed by atoms with Crippen LogP contribution in [0.25, 0.3) is 33.7 Å². The molecule has 0 bridgehead atoms. The molecule has 0 aliphatic heterocycles. The maximum absolute atomic E-state index is 13.2. The van der Waals surface area contributed by atoms with E-state index in [4.69, 9.17) is 0 Å². The highest BCUT2D eigenvalue weighted by atomic mass is 32.1. The van der Waals surface area contributed by atoms with Crippen molar-refractivity contribution < 1.29 is 4.79 Å². The van der Waals surface area contributed by atoms with E-state index in [-0.39, 0.29) is 5.91 Å². The lowest BCUT2D eigenvalue weighted by atomic mass is 10.0. The third-order valence-electron chi connectivity index (χ3n) is 5.21. The molecule has 0 aliphatic carbocycles. The van der Waals surface area contributed by atoms with Crippen LogP contribution in [0, 0.1) is 0 Å². The van der Waals surface area contributed by atoms with Gasteiger partial charge in [0.1, 0.15) is 0 Å². The lowest BCUT2D eigenvalue weighted by Gasteiger charge is -2.08. The zero-order valence-corrected chi connectivity index (χ0v) is 18.0. The highest BCUT2D eigenvalue weighted by molar-refractivity contribution is 7.14. The number of thiazole rings is 1. The lowest BCUT2D eigenvalue weighted by molar-refractivity contribution is -0.111. The van der Waals surface area contributed by atoms with Crippen LogP contribution < -0.4 is 5.32 Å². The molecule has 5 rings (SSSR count). The number of hydrogen-bond donors (Lipinski definition) is 1. The molecule has 0 radical (unpaired) electrons. The van der Waals surface area contributed by atoms with Crippen molar-refractivity contribution in [3.05, 3.63) is 120 Å². The Morgan fingerprint density at radius 2 is 1.47 bits per heavy atom. The number of aromatic nitrogens is 1. The Morgan fingerprint density at radius 3 is 2.25 bits per heavy atom. The zero-order chi connectivity index (χ0) is 21.8. The van der Waals surface area contributed by atoms with Crippen LogP contribution in [0.3, 0.4) is 0 Å². The van der Waals surface area contributed by atoms with Crippen LogP contribution in [0.1, 0.15) is 11.1 Å². The van der Waals surface area contributed by atoms with E-state index in [1.165, 1.54) is 22.1 Å². The molecule has 0 fully saturated rings. The van der Waals surface area contributed by atoms with Crippen LogP contribution in [0.15, 0.2) is 109 Å². The molecule has 0 saturated carbocycles. The summed E-state index contributed by atoms with van der Waals surface area (Å²) < 4.78 is 0. The molecule has 1 aromatic heterocycles. The Bertz CT molecular complexity index is 1410. The number of rotatable bonds is 5. The number of nitrogens with zero attached hydrogens (tertiary/aromatic N) is 1. The summed E-state index contributed by atoms with van der Waals surface area (Å²) in [6.07, 6.45) is 1.91. The highest BCUT2D eigenvalue weighted by Crippen LogP contribution is 2.29. The normalized spacial score (nSPS) is 11.4. The number of carbonyl (C=O) groups is 1. The number of benzene rings is 4. The number of hydrogen-bond acceptors (Lipinski definition) is 3. The molecular weight excluding hydrogens is 412 g/mol. The lowest BCUT2D eigenvalue weighted by Crippen LogP contribution is -2.13. The highest BCUT2D eigenvalue weighted by Gasteiger charge is 2.15. The van der Waals surface area contributed by atoms with E-state index in [0.29, 0.717) is 10.7 Å². The van der Waals surface area contributed by atoms with Crippen molar-refractivity contribution in [3.63, 3.8) is 0 Å². The minimum absolute atomic E-state index is 0.181. The summed E-state index contributed by atoms with van der Waals surface area (Å²) in [6, 6.07) is 34.1. The fraction of sp³-hybridized carbons (Fsp3) is 0. The average Bonchev–Trinajstić information content (AvgIpc) is 3.32. The van der Waals surface area contributed by atoms with Gasteiger partial charge in [-0.15, -0.1) is 11.3 Å². The van der Waals surface area contributed by atoms with Gasteiger partial charge >= 0.3 is 0 Å². The molecule has 0 saturated heterocycles. The fourth-order valence-electron chi connectivity index (χ4n) is 3.59.